The molecule has 0 atom stereocenters. The second-order valence-corrected chi connectivity index (χ2v) is 6.74. The molecule has 0 unspecified atom stereocenters. The van der Waals surface area contributed by atoms with Crippen LogP contribution in [0.5, 0.6) is 0 Å². The number of hydrogen-bond donors (Lipinski definition) is 0. The van der Waals surface area contributed by atoms with E-state index in [1.165, 1.54) is 18.4 Å². The van der Waals surface area contributed by atoms with E-state index in [4.69, 9.17) is 4.74 Å². The van der Waals surface area contributed by atoms with Crippen molar-refractivity contribution in [3.05, 3.63) is 75.6 Å². The SMILES string of the molecule is COC(=O)c1ccc(COC(=O)c2sc(C)nc2-c2ccccc2)cc1. The molecule has 0 radical (unpaired) electrons. The number of nitrogens with zero attached hydrogens (tertiary/aromatic N) is 1. The molecule has 3 aromatic rings. The molecule has 6 heteroatoms. The summed E-state index contributed by atoms with van der Waals surface area (Å²) in [6.07, 6.45) is 0. The number of ether oxygens (including phenoxy) is 2. The molecule has 2 aromatic carbocycles. The fourth-order valence-corrected chi connectivity index (χ4v) is 3.26. The molecular weight excluding hydrogens is 350 g/mol. The Morgan fingerprint density at radius 2 is 1.69 bits per heavy atom. The fraction of sp³-hybridized carbons (Fsp3) is 0.150. The van der Waals surface area contributed by atoms with Crippen molar-refractivity contribution >= 4 is 23.3 Å². The van der Waals surface area contributed by atoms with Crippen LogP contribution in [0.4, 0.5) is 0 Å². The van der Waals surface area contributed by atoms with E-state index < -0.39 is 11.9 Å². The summed E-state index contributed by atoms with van der Waals surface area (Å²) in [6.45, 7) is 1.98. The minimum Gasteiger partial charge on any atom is -0.465 e. The van der Waals surface area contributed by atoms with Crippen molar-refractivity contribution in [1.82, 2.24) is 4.98 Å². The van der Waals surface area contributed by atoms with Crippen molar-refractivity contribution in [2.45, 2.75) is 13.5 Å². The van der Waals surface area contributed by atoms with Gasteiger partial charge in [-0.05, 0) is 24.6 Å². The summed E-state index contributed by atoms with van der Waals surface area (Å²) >= 11 is 1.31. The standard InChI is InChI=1S/C20H17NO4S/c1-13-21-17(15-6-4-3-5-7-15)18(26-13)20(23)25-12-14-8-10-16(11-9-14)19(22)24-2/h3-11H,12H2,1-2H3. The second kappa shape index (κ2) is 7.93. The number of thiazole rings is 1. The number of rotatable bonds is 5. The van der Waals surface area contributed by atoms with Gasteiger partial charge in [-0.15, -0.1) is 11.3 Å². The Morgan fingerprint density at radius 1 is 1.00 bits per heavy atom. The van der Waals surface area contributed by atoms with Gasteiger partial charge in [0, 0.05) is 5.56 Å². The number of methoxy groups -OCH3 is 1. The molecule has 0 aliphatic carbocycles. The molecule has 5 nitrogen and oxygen atoms in total. The van der Waals surface area contributed by atoms with Gasteiger partial charge in [0.25, 0.3) is 0 Å². The molecule has 0 aliphatic rings. The molecule has 1 aromatic heterocycles. The van der Waals surface area contributed by atoms with Crippen LogP contribution in [0, 0.1) is 6.92 Å². The summed E-state index contributed by atoms with van der Waals surface area (Å²) in [7, 11) is 1.33. The lowest BCUT2D eigenvalue weighted by molar-refractivity contribution is 0.0477. The maximum atomic E-state index is 12.5. The first-order valence-electron chi connectivity index (χ1n) is 7.95. The number of hydrogen-bond acceptors (Lipinski definition) is 6. The Kier molecular flexibility index (Phi) is 5.43. The Morgan fingerprint density at radius 3 is 2.35 bits per heavy atom. The van der Waals surface area contributed by atoms with Crippen molar-refractivity contribution in [3.8, 4) is 11.3 Å². The highest BCUT2D eigenvalue weighted by Crippen LogP contribution is 2.28. The van der Waals surface area contributed by atoms with Gasteiger partial charge in [0.2, 0.25) is 0 Å². The molecule has 0 amide bonds. The number of aryl methyl sites for hydroxylation is 1. The van der Waals surface area contributed by atoms with Crippen molar-refractivity contribution < 1.29 is 19.1 Å². The number of esters is 2. The van der Waals surface area contributed by atoms with Gasteiger partial charge in [0.1, 0.15) is 11.5 Å². The minimum absolute atomic E-state index is 0.117. The van der Waals surface area contributed by atoms with Gasteiger partial charge >= 0.3 is 11.9 Å². The van der Waals surface area contributed by atoms with Crippen LogP contribution in [-0.2, 0) is 16.1 Å². The third-order valence-corrected chi connectivity index (χ3v) is 4.66. The molecule has 1 heterocycles. The van der Waals surface area contributed by atoms with Crippen LogP contribution in [-0.4, -0.2) is 24.0 Å². The van der Waals surface area contributed by atoms with Crippen LogP contribution in [0.2, 0.25) is 0 Å². The number of carbonyl (C=O) groups is 2. The average Bonchev–Trinajstić information content (AvgIpc) is 3.08. The van der Waals surface area contributed by atoms with Gasteiger partial charge in [-0.1, -0.05) is 42.5 Å². The lowest BCUT2D eigenvalue weighted by Crippen LogP contribution is -2.05. The van der Waals surface area contributed by atoms with Gasteiger partial charge < -0.3 is 9.47 Å². The molecule has 0 spiro atoms. The summed E-state index contributed by atoms with van der Waals surface area (Å²) in [6, 6.07) is 16.3. The van der Waals surface area contributed by atoms with Gasteiger partial charge in [-0.25, -0.2) is 14.6 Å². The molecule has 3 rings (SSSR count). The number of carbonyl (C=O) groups excluding carboxylic acids is 2. The summed E-state index contributed by atoms with van der Waals surface area (Å²) in [5.74, 6) is -0.812. The normalized spacial score (nSPS) is 10.4. The molecule has 26 heavy (non-hydrogen) atoms. The van der Waals surface area contributed by atoms with E-state index in [1.54, 1.807) is 24.3 Å². The van der Waals surface area contributed by atoms with E-state index in [9.17, 15) is 9.59 Å². The molecule has 132 valence electrons. The molecule has 0 saturated heterocycles. The Labute approximate surface area is 155 Å². The van der Waals surface area contributed by atoms with Crippen molar-refractivity contribution in [2.75, 3.05) is 7.11 Å². The van der Waals surface area contributed by atoms with Crippen LogP contribution in [0.1, 0.15) is 30.6 Å². The summed E-state index contributed by atoms with van der Waals surface area (Å²) < 4.78 is 10.1. The Hall–Kier alpha value is -2.99. The van der Waals surface area contributed by atoms with E-state index >= 15 is 0 Å². The third-order valence-electron chi connectivity index (χ3n) is 3.71. The van der Waals surface area contributed by atoms with Gasteiger partial charge in [0.15, 0.2) is 0 Å². The van der Waals surface area contributed by atoms with E-state index in [0.29, 0.717) is 16.1 Å². The topological polar surface area (TPSA) is 65.5 Å². The molecule has 0 fully saturated rings. The van der Waals surface area contributed by atoms with Crippen LogP contribution in [0.25, 0.3) is 11.3 Å². The predicted molar refractivity (Wildman–Crippen MR) is 99.2 cm³/mol. The minimum atomic E-state index is -0.411. The van der Waals surface area contributed by atoms with E-state index in [-0.39, 0.29) is 6.61 Å². The van der Waals surface area contributed by atoms with Gasteiger partial charge in [-0.3, -0.25) is 0 Å². The fourth-order valence-electron chi connectivity index (χ4n) is 2.43. The molecule has 0 aliphatic heterocycles. The average molecular weight is 367 g/mol. The first-order valence-corrected chi connectivity index (χ1v) is 8.77. The first kappa shape index (κ1) is 17.8. The molecule has 0 bridgehead atoms. The van der Waals surface area contributed by atoms with Crippen LogP contribution in [0.15, 0.2) is 54.6 Å². The Balaban J connectivity index is 1.72. The highest BCUT2D eigenvalue weighted by Gasteiger charge is 2.19. The molecular formula is C20H17NO4S. The lowest BCUT2D eigenvalue weighted by Gasteiger charge is -2.06. The van der Waals surface area contributed by atoms with E-state index in [1.807, 2.05) is 37.3 Å². The summed E-state index contributed by atoms with van der Waals surface area (Å²) in [4.78, 5) is 28.9. The summed E-state index contributed by atoms with van der Waals surface area (Å²) in [5.41, 5.74) is 2.76. The van der Waals surface area contributed by atoms with Crippen LogP contribution in [0.3, 0.4) is 0 Å². The zero-order valence-electron chi connectivity index (χ0n) is 14.4. The second-order valence-electron chi connectivity index (χ2n) is 5.54. The van der Waals surface area contributed by atoms with Crippen LogP contribution >= 0.6 is 11.3 Å². The third kappa shape index (κ3) is 3.97. The number of aromatic nitrogens is 1. The van der Waals surface area contributed by atoms with Crippen molar-refractivity contribution in [2.24, 2.45) is 0 Å². The molecule has 0 N–H and O–H groups in total. The van der Waals surface area contributed by atoms with Crippen LogP contribution < -0.4 is 0 Å². The highest BCUT2D eigenvalue weighted by molar-refractivity contribution is 7.14. The monoisotopic (exact) mass is 367 g/mol. The van der Waals surface area contributed by atoms with Gasteiger partial charge in [-0.2, -0.15) is 0 Å². The quantitative estimate of drug-likeness (QED) is 0.630. The van der Waals surface area contributed by atoms with E-state index in [0.717, 1.165) is 16.1 Å². The predicted octanol–water partition coefficient (Wildman–Crippen LogP) is 4.26. The van der Waals surface area contributed by atoms with Crippen molar-refractivity contribution in [1.29, 1.82) is 0 Å². The largest absolute Gasteiger partial charge is 0.465 e. The number of benzene rings is 2. The lowest BCUT2D eigenvalue weighted by atomic mass is 10.1. The smallest absolute Gasteiger partial charge is 0.350 e. The maximum absolute atomic E-state index is 12.5. The zero-order valence-corrected chi connectivity index (χ0v) is 15.2. The maximum Gasteiger partial charge on any atom is 0.350 e. The zero-order chi connectivity index (χ0) is 18.5. The van der Waals surface area contributed by atoms with E-state index in [2.05, 4.69) is 9.72 Å². The highest BCUT2D eigenvalue weighted by atomic mass is 32.1. The van der Waals surface area contributed by atoms with Crippen molar-refractivity contribution in [3.63, 3.8) is 0 Å². The summed E-state index contributed by atoms with van der Waals surface area (Å²) in [5, 5.41) is 0.804. The first-order chi connectivity index (χ1) is 12.6. The van der Waals surface area contributed by atoms with Gasteiger partial charge in [0.05, 0.1) is 23.4 Å². The Bertz CT molecular complexity index is 917. The molecule has 0 saturated carbocycles.